The van der Waals surface area contributed by atoms with E-state index in [1.54, 1.807) is 12.1 Å². The Bertz CT molecular complexity index is 563. The lowest BCUT2D eigenvalue weighted by Gasteiger charge is -2.12. The van der Waals surface area contributed by atoms with Crippen LogP contribution >= 0.6 is 0 Å². The van der Waals surface area contributed by atoms with E-state index in [9.17, 15) is 4.39 Å². The fourth-order valence-electron chi connectivity index (χ4n) is 2.16. The van der Waals surface area contributed by atoms with Crippen LogP contribution in [0.2, 0.25) is 0 Å². The molecule has 0 saturated carbocycles. The largest absolute Gasteiger partial charge is 0.348 e. The molecular formula is C15H21FN4. The van der Waals surface area contributed by atoms with Crippen molar-refractivity contribution in [3.63, 3.8) is 0 Å². The highest BCUT2D eigenvalue weighted by Gasteiger charge is 2.07. The van der Waals surface area contributed by atoms with Gasteiger partial charge in [-0.05, 0) is 30.7 Å². The molecule has 1 heterocycles. The van der Waals surface area contributed by atoms with E-state index >= 15 is 0 Å². The molecule has 0 fully saturated rings. The number of aromatic nitrogens is 2. The highest BCUT2D eigenvalue weighted by atomic mass is 19.1. The summed E-state index contributed by atoms with van der Waals surface area (Å²) in [7, 11) is 5.96. The first-order chi connectivity index (χ1) is 9.58. The maximum Gasteiger partial charge on any atom is 0.204 e. The SMILES string of the molecule is CN(C)c1ncc(CNCCc2cccc(F)c2)n1C. The molecule has 2 aromatic rings. The Kier molecular flexibility index (Phi) is 4.74. The number of halogens is 1. The van der Waals surface area contributed by atoms with Crippen molar-refractivity contribution in [2.75, 3.05) is 25.5 Å². The van der Waals surface area contributed by atoms with Crippen LogP contribution in [0.3, 0.4) is 0 Å². The van der Waals surface area contributed by atoms with Crippen LogP contribution in [0.5, 0.6) is 0 Å². The van der Waals surface area contributed by atoms with Gasteiger partial charge in [0.2, 0.25) is 5.95 Å². The molecule has 4 nitrogen and oxygen atoms in total. The predicted molar refractivity (Wildman–Crippen MR) is 79.3 cm³/mol. The minimum atomic E-state index is -0.176. The summed E-state index contributed by atoms with van der Waals surface area (Å²) in [5.74, 6) is 0.761. The molecule has 0 aliphatic rings. The molecule has 0 aliphatic heterocycles. The van der Waals surface area contributed by atoms with E-state index in [1.165, 1.54) is 6.07 Å². The Balaban J connectivity index is 1.82. The molecule has 0 spiro atoms. The van der Waals surface area contributed by atoms with Crippen LogP contribution in [0.4, 0.5) is 10.3 Å². The molecule has 0 unspecified atom stereocenters. The molecule has 1 aromatic heterocycles. The summed E-state index contributed by atoms with van der Waals surface area (Å²) < 4.78 is 15.1. The van der Waals surface area contributed by atoms with Crippen LogP contribution in [0.15, 0.2) is 30.5 Å². The molecule has 0 saturated heterocycles. The Morgan fingerprint density at radius 2 is 2.15 bits per heavy atom. The van der Waals surface area contributed by atoms with E-state index in [0.29, 0.717) is 0 Å². The second-order valence-electron chi connectivity index (χ2n) is 5.06. The van der Waals surface area contributed by atoms with Gasteiger partial charge in [-0.15, -0.1) is 0 Å². The third kappa shape index (κ3) is 3.57. The van der Waals surface area contributed by atoms with Crippen molar-refractivity contribution in [2.24, 2.45) is 7.05 Å². The van der Waals surface area contributed by atoms with Crippen LogP contribution in [0.1, 0.15) is 11.3 Å². The van der Waals surface area contributed by atoms with E-state index in [4.69, 9.17) is 0 Å². The first-order valence-corrected chi connectivity index (χ1v) is 6.71. The molecule has 0 radical (unpaired) electrons. The minimum absolute atomic E-state index is 0.176. The molecule has 2 rings (SSSR count). The fraction of sp³-hybridized carbons (Fsp3) is 0.400. The third-order valence-corrected chi connectivity index (χ3v) is 3.25. The molecule has 0 atom stereocenters. The van der Waals surface area contributed by atoms with Crippen LogP contribution in [0.25, 0.3) is 0 Å². The molecule has 0 bridgehead atoms. The van der Waals surface area contributed by atoms with E-state index in [2.05, 4.69) is 14.9 Å². The van der Waals surface area contributed by atoms with Crippen LogP contribution in [0, 0.1) is 5.82 Å². The van der Waals surface area contributed by atoms with Crippen molar-refractivity contribution in [2.45, 2.75) is 13.0 Å². The van der Waals surface area contributed by atoms with Crippen LogP contribution in [-0.4, -0.2) is 30.2 Å². The number of anilines is 1. The van der Waals surface area contributed by atoms with Gasteiger partial charge in [-0.1, -0.05) is 12.1 Å². The van der Waals surface area contributed by atoms with E-state index < -0.39 is 0 Å². The Hall–Kier alpha value is -1.88. The zero-order valence-corrected chi connectivity index (χ0v) is 12.2. The average Bonchev–Trinajstić information content (AvgIpc) is 2.76. The smallest absolute Gasteiger partial charge is 0.204 e. The van der Waals surface area contributed by atoms with Crippen LogP contribution < -0.4 is 10.2 Å². The molecule has 0 amide bonds. The van der Waals surface area contributed by atoms with Gasteiger partial charge < -0.3 is 14.8 Å². The van der Waals surface area contributed by atoms with Gasteiger partial charge in [0.15, 0.2) is 0 Å². The van der Waals surface area contributed by atoms with Gasteiger partial charge in [0.1, 0.15) is 5.82 Å². The fourth-order valence-corrected chi connectivity index (χ4v) is 2.16. The highest BCUT2D eigenvalue weighted by Crippen LogP contribution is 2.10. The summed E-state index contributed by atoms with van der Waals surface area (Å²) in [6.45, 7) is 1.57. The summed E-state index contributed by atoms with van der Waals surface area (Å²) in [4.78, 5) is 6.35. The van der Waals surface area contributed by atoms with Crippen molar-refractivity contribution in [1.82, 2.24) is 14.9 Å². The molecule has 5 heteroatoms. The summed E-state index contributed by atoms with van der Waals surface area (Å²) in [6, 6.07) is 6.74. The second-order valence-corrected chi connectivity index (χ2v) is 5.06. The average molecular weight is 276 g/mol. The molecule has 20 heavy (non-hydrogen) atoms. The number of hydrogen-bond acceptors (Lipinski definition) is 3. The lowest BCUT2D eigenvalue weighted by atomic mass is 10.1. The standard InChI is InChI=1S/C15H21FN4/c1-19(2)15-18-11-14(20(15)3)10-17-8-7-12-5-4-6-13(16)9-12/h4-6,9,11,17H,7-8,10H2,1-3H3. The zero-order valence-electron chi connectivity index (χ0n) is 12.2. The lowest BCUT2D eigenvalue weighted by molar-refractivity contribution is 0.620. The summed E-state index contributed by atoms with van der Waals surface area (Å²) >= 11 is 0. The van der Waals surface area contributed by atoms with Crippen molar-refractivity contribution < 1.29 is 4.39 Å². The highest BCUT2D eigenvalue weighted by molar-refractivity contribution is 5.30. The predicted octanol–water partition coefficient (Wildman–Crippen LogP) is 1.96. The summed E-state index contributed by atoms with van der Waals surface area (Å²) in [5, 5.41) is 3.36. The molecular weight excluding hydrogens is 255 g/mol. The molecule has 108 valence electrons. The zero-order chi connectivity index (χ0) is 14.5. The van der Waals surface area contributed by atoms with Gasteiger partial charge in [-0.3, -0.25) is 0 Å². The number of rotatable bonds is 6. The molecule has 1 N–H and O–H groups in total. The first kappa shape index (κ1) is 14.5. The van der Waals surface area contributed by atoms with Crippen molar-refractivity contribution >= 4 is 5.95 Å². The maximum atomic E-state index is 13.0. The van der Waals surface area contributed by atoms with Gasteiger partial charge >= 0.3 is 0 Å². The van der Waals surface area contributed by atoms with Gasteiger partial charge in [-0.25, -0.2) is 9.37 Å². The van der Waals surface area contributed by atoms with E-state index in [0.717, 1.165) is 36.7 Å². The van der Waals surface area contributed by atoms with Crippen molar-refractivity contribution in [1.29, 1.82) is 0 Å². The molecule has 0 aliphatic carbocycles. The Morgan fingerprint density at radius 1 is 1.35 bits per heavy atom. The monoisotopic (exact) mass is 276 g/mol. The first-order valence-electron chi connectivity index (χ1n) is 6.71. The van der Waals surface area contributed by atoms with Gasteiger partial charge in [0.05, 0.1) is 11.9 Å². The summed E-state index contributed by atoms with van der Waals surface area (Å²) in [6.07, 6.45) is 2.70. The number of nitrogens with zero attached hydrogens (tertiary/aromatic N) is 3. The lowest BCUT2D eigenvalue weighted by Crippen LogP contribution is -2.20. The maximum absolute atomic E-state index is 13.0. The Morgan fingerprint density at radius 3 is 2.80 bits per heavy atom. The van der Waals surface area contributed by atoms with Crippen molar-refractivity contribution in [3.05, 3.63) is 47.5 Å². The summed E-state index contributed by atoms with van der Waals surface area (Å²) in [5.41, 5.74) is 2.14. The van der Waals surface area contributed by atoms with E-state index in [-0.39, 0.29) is 5.82 Å². The topological polar surface area (TPSA) is 33.1 Å². The number of imidazole rings is 1. The van der Waals surface area contributed by atoms with E-state index in [1.807, 2.05) is 38.3 Å². The van der Waals surface area contributed by atoms with Crippen molar-refractivity contribution in [3.8, 4) is 0 Å². The Labute approximate surface area is 119 Å². The van der Waals surface area contributed by atoms with Gasteiger partial charge in [0, 0.05) is 27.7 Å². The minimum Gasteiger partial charge on any atom is -0.348 e. The third-order valence-electron chi connectivity index (χ3n) is 3.25. The number of hydrogen-bond donors (Lipinski definition) is 1. The van der Waals surface area contributed by atoms with Crippen LogP contribution in [-0.2, 0) is 20.0 Å². The number of nitrogens with one attached hydrogen (secondary N) is 1. The number of benzene rings is 1. The normalized spacial score (nSPS) is 10.8. The second kappa shape index (κ2) is 6.52. The van der Waals surface area contributed by atoms with Gasteiger partial charge in [-0.2, -0.15) is 0 Å². The molecule has 1 aromatic carbocycles. The quantitative estimate of drug-likeness (QED) is 0.819. The van der Waals surface area contributed by atoms with Gasteiger partial charge in [0.25, 0.3) is 0 Å².